The van der Waals surface area contributed by atoms with Crippen LogP contribution in [0.4, 0.5) is 5.82 Å². The van der Waals surface area contributed by atoms with Gasteiger partial charge in [-0.15, -0.1) is 0 Å². The minimum atomic E-state index is 0.347. The lowest BCUT2D eigenvalue weighted by Gasteiger charge is -2.33. The van der Waals surface area contributed by atoms with Gasteiger partial charge in [0.15, 0.2) is 0 Å². The van der Waals surface area contributed by atoms with Crippen LogP contribution in [0, 0.1) is 11.8 Å². The monoisotopic (exact) mass is 276 g/mol. The second kappa shape index (κ2) is 7.60. The first-order valence-corrected chi connectivity index (χ1v) is 7.89. The molecule has 0 amide bonds. The van der Waals surface area contributed by atoms with E-state index >= 15 is 0 Å². The molecule has 4 nitrogen and oxygen atoms in total. The predicted octanol–water partition coefficient (Wildman–Crippen LogP) is 2.64. The van der Waals surface area contributed by atoms with Crippen molar-refractivity contribution in [2.45, 2.75) is 57.9 Å². The van der Waals surface area contributed by atoms with Gasteiger partial charge in [0, 0.05) is 12.2 Å². The van der Waals surface area contributed by atoms with E-state index in [9.17, 15) is 0 Å². The zero-order chi connectivity index (χ0) is 14.4. The Morgan fingerprint density at radius 2 is 2.10 bits per heavy atom. The van der Waals surface area contributed by atoms with E-state index in [0.29, 0.717) is 17.8 Å². The molecule has 20 heavy (non-hydrogen) atoms. The van der Waals surface area contributed by atoms with Crippen molar-refractivity contribution in [3.63, 3.8) is 0 Å². The summed E-state index contributed by atoms with van der Waals surface area (Å²) in [5.41, 5.74) is 9.99. The van der Waals surface area contributed by atoms with Gasteiger partial charge in [0.25, 0.3) is 0 Å². The maximum Gasteiger partial charge on any atom is 0.123 e. The number of nitrogens with one attached hydrogen (secondary N) is 1. The Kier molecular flexibility index (Phi) is 5.80. The van der Waals surface area contributed by atoms with Crippen LogP contribution >= 0.6 is 0 Å². The van der Waals surface area contributed by atoms with Gasteiger partial charge in [-0.25, -0.2) is 4.98 Å². The zero-order valence-corrected chi connectivity index (χ0v) is 12.5. The molecule has 1 heterocycles. The van der Waals surface area contributed by atoms with Crippen LogP contribution in [0.15, 0.2) is 18.3 Å². The van der Waals surface area contributed by atoms with E-state index in [0.717, 1.165) is 12.3 Å². The van der Waals surface area contributed by atoms with Crippen LogP contribution in [0.25, 0.3) is 0 Å². The summed E-state index contributed by atoms with van der Waals surface area (Å²) in [5.74, 6) is 7.99. The SMILES string of the molecule is CCCC1CCC(C(Cc2ccnc(N)c2)NN)CC1. The van der Waals surface area contributed by atoms with Crippen molar-refractivity contribution in [1.29, 1.82) is 0 Å². The molecule has 1 aliphatic carbocycles. The van der Waals surface area contributed by atoms with E-state index in [4.69, 9.17) is 11.6 Å². The number of pyridine rings is 1. The number of rotatable bonds is 6. The molecule has 0 bridgehead atoms. The van der Waals surface area contributed by atoms with Gasteiger partial charge in [0.2, 0.25) is 0 Å². The predicted molar refractivity (Wildman–Crippen MR) is 83.8 cm³/mol. The molecule has 1 aliphatic rings. The number of anilines is 1. The summed E-state index contributed by atoms with van der Waals surface area (Å²) in [6.07, 6.45) is 10.7. The standard InChI is InChI=1S/C16H28N4/c1-2-3-12-4-6-14(7-5-12)15(20-18)10-13-8-9-19-16(17)11-13/h8-9,11-12,14-15,20H,2-7,10,18H2,1H3,(H2,17,19). The fraction of sp³-hybridized carbons (Fsp3) is 0.688. The first-order chi connectivity index (χ1) is 9.72. The molecule has 4 heteroatoms. The number of nitrogens with zero attached hydrogens (tertiary/aromatic N) is 1. The molecule has 0 radical (unpaired) electrons. The van der Waals surface area contributed by atoms with Crippen molar-refractivity contribution in [3.05, 3.63) is 23.9 Å². The normalized spacial score (nSPS) is 24.5. The van der Waals surface area contributed by atoms with Gasteiger partial charge in [-0.3, -0.25) is 11.3 Å². The Morgan fingerprint density at radius 1 is 1.35 bits per heavy atom. The quantitative estimate of drug-likeness (QED) is 0.551. The lowest BCUT2D eigenvalue weighted by Crippen LogP contribution is -2.43. The smallest absolute Gasteiger partial charge is 0.123 e. The van der Waals surface area contributed by atoms with Gasteiger partial charge in [-0.1, -0.05) is 32.6 Å². The van der Waals surface area contributed by atoms with E-state index < -0.39 is 0 Å². The van der Waals surface area contributed by atoms with Crippen molar-refractivity contribution in [3.8, 4) is 0 Å². The third kappa shape index (κ3) is 4.18. The van der Waals surface area contributed by atoms with E-state index in [2.05, 4.69) is 17.3 Å². The molecule has 0 aromatic carbocycles. The van der Waals surface area contributed by atoms with Crippen LogP contribution in [-0.2, 0) is 6.42 Å². The Hall–Kier alpha value is -1.13. The summed E-state index contributed by atoms with van der Waals surface area (Å²) >= 11 is 0. The van der Waals surface area contributed by atoms with E-state index in [-0.39, 0.29) is 0 Å². The maximum atomic E-state index is 5.79. The number of hydrazine groups is 1. The molecular formula is C16H28N4. The van der Waals surface area contributed by atoms with Crippen LogP contribution in [0.3, 0.4) is 0 Å². The molecule has 112 valence electrons. The number of nitrogen functional groups attached to an aromatic ring is 1. The largest absolute Gasteiger partial charge is 0.384 e. The first kappa shape index (κ1) is 15.3. The summed E-state index contributed by atoms with van der Waals surface area (Å²) in [4.78, 5) is 4.04. The van der Waals surface area contributed by atoms with Crippen LogP contribution in [0.2, 0.25) is 0 Å². The molecule has 0 saturated heterocycles. The second-order valence-corrected chi connectivity index (χ2v) is 6.14. The minimum Gasteiger partial charge on any atom is -0.384 e. The summed E-state index contributed by atoms with van der Waals surface area (Å²) in [6.45, 7) is 2.28. The molecule has 5 N–H and O–H groups in total. The third-order valence-corrected chi connectivity index (χ3v) is 4.67. The van der Waals surface area contributed by atoms with Crippen molar-refractivity contribution in [2.75, 3.05) is 5.73 Å². The summed E-state index contributed by atoms with van der Waals surface area (Å²) in [7, 11) is 0. The number of hydrogen-bond donors (Lipinski definition) is 3. The molecule has 0 aliphatic heterocycles. The van der Waals surface area contributed by atoms with Gasteiger partial charge in [0.1, 0.15) is 5.82 Å². The van der Waals surface area contributed by atoms with E-state index in [1.807, 2.05) is 12.1 Å². The van der Waals surface area contributed by atoms with Crippen molar-refractivity contribution in [2.24, 2.45) is 17.7 Å². The third-order valence-electron chi connectivity index (χ3n) is 4.67. The van der Waals surface area contributed by atoms with Crippen LogP contribution in [-0.4, -0.2) is 11.0 Å². The van der Waals surface area contributed by atoms with Crippen molar-refractivity contribution in [1.82, 2.24) is 10.4 Å². The van der Waals surface area contributed by atoms with Crippen LogP contribution < -0.4 is 17.0 Å². The lowest BCUT2D eigenvalue weighted by atomic mass is 9.76. The molecule has 0 spiro atoms. The topological polar surface area (TPSA) is 77.0 Å². The van der Waals surface area contributed by atoms with Crippen molar-refractivity contribution < 1.29 is 0 Å². The average molecular weight is 276 g/mol. The highest BCUT2D eigenvalue weighted by Crippen LogP contribution is 2.33. The highest BCUT2D eigenvalue weighted by atomic mass is 15.2. The highest BCUT2D eigenvalue weighted by Gasteiger charge is 2.26. The average Bonchev–Trinajstić information content (AvgIpc) is 2.46. The fourth-order valence-corrected chi connectivity index (χ4v) is 3.52. The fourth-order valence-electron chi connectivity index (χ4n) is 3.52. The number of nitrogens with two attached hydrogens (primary N) is 2. The Morgan fingerprint density at radius 3 is 2.70 bits per heavy atom. The van der Waals surface area contributed by atoms with E-state index in [1.54, 1.807) is 6.20 Å². The molecule has 1 unspecified atom stereocenters. The second-order valence-electron chi connectivity index (χ2n) is 6.14. The summed E-state index contributed by atoms with van der Waals surface area (Å²) in [6, 6.07) is 4.33. The molecule has 1 saturated carbocycles. The first-order valence-electron chi connectivity index (χ1n) is 7.89. The Labute approximate surface area is 122 Å². The number of hydrogen-bond acceptors (Lipinski definition) is 4. The molecule has 1 aromatic rings. The van der Waals surface area contributed by atoms with Gasteiger partial charge in [0.05, 0.1) is 0 Å². The Balaban J connectivity index is 1.89. The van der Waals surface area contributed by atoms with Crippen molar-refractivity contribution >= 4 is 5.82 Å². The van der Waals surface area contributed by atoms with Crippen LogP contribution in [0.5, 0.6) is 0 Å². The molecule has 1 fully saturated rings. The lowest BCUT2D eigenvalue weighted by molar-refractivity contribution is 0.213. The van der Waals surface area contributed by atoms with Gasteiger partial charge in [-0.2, -0.15) is 0 Å². The summed E-state index contributed by atoms with van der Waals surface area (Å²) in [5, 5.41) is 0. The molecular weight excluding hydrogens is 248 g/mol. The molecule has 2 rings (SSSR count). The maximum absolute atomic E-state index is 5.79. The molecule has 1 aromatic heterocycles. The van der Waals surface area contributed by atoms with Gasteiger partial charge in [-0.05, 0) is 48.8 Å². The summed E-state index contributed by atoms with van der Waals surface area (Å²) < 4.78 is 0. The van der Waals surface area contributed by atoms with Gasteiger partial charge < -0.3 is 5.73 Å². The zero-order valence-electron chi connectivity index (χ0n) is 12.5. The van der Waals surface area contributed by atoms with E-state index in [1.165, 1.54) is 44.1 Å². The highest BCUT2D eigenvalue weighted by molar-refractivity contribution is 5.32. The van der Waals surface area contributed by atoms with Crippen LogP contribution in [0.1, 0.15) is 51.0 Å². The van der Waals surface area contributed by atoms with Gasteiger partial charge >= 0.3 is 0 Å². The Bertz CT molecular complexity index is 399. The molecule has 1 atom stereocenters. The minimum absolute atomic E-state index is 0.347. The number of aromatic nitrogens is 1.